The van der Waals surface area contributed by atoms with Crippen LogP contribution in [0.2, 0.25) is 0 Å². The first-order chi connectivity index (χ1) is 7.25. The van der Waals surface area contributed by atoms with E-state index in [1.807, 2.05) is 12.1 Å². The Bertz CT molecular complexity index is 657. The molecule has 0 fully saturated rings. The Hall–Kier alpha value is -1.77. The van der Waals surface area contributed by atoms with Crippen molar-refractivity contribution in [3.05, 3.63) is 42.2 Å². The average Bonchev–Trinajstić information content (AvgIpc) is 2.57. The van der Waals surface area contributed by atoms with Gasteiger partial charge in [-0.2, -0.15) is 0 Å². The molecule has 70 valence electrons. The first-order valence-electron chi connectivity index (χ1n) is 4.62. The van der Waals surface area contributed by atoms with Gasteiger partial charge in [0.15, 0.2) is 11.4 Å². The Morgan fingerprint density at radius 3 is 2.80 bits per heavy atom. The molecule has 1 heterocycles. The van der Waals surface area contributed by atoms with E-state index in [2.05, 4.69) is 0 Å². The number of hydrogen-bond acceptors (Lipinski definition) is 1. The van der Waals surface area contributed by atoms with Crippen molar-refractivity contribution in [2.24, 2.45) is 0 Å². The highest BCUT2D eigenvalue weighted by atomic mass is 19.1. The zero-order chi connectivity index (χ0) is 10.4. The van der Waals surface area contributed by atoms with Crippen molar-refractivity contribution in [3.63, 3.8) is 0 Å². The van der Waals surface area contributed by atoms with Crippen molar-refractivity contribution in [3.8, 4) is 0 Å². The third kappa shape index (κ3) is 1.16. The monoisotopic (exact) mass is 196 g/mol. The first-order valence-corrected chi connectivity index (χ1v) is 4.62. The zero-order valence-corrected chi connectivity index (χ0v) is 7.83. The van der Waals surface area contributed by atoms with Crippen LogP contribution in [0.15, 0.2) is 40.8 Å². The van der Waals surface area contributed by atoms with Gasteiger partial charge >= 0.3 is 0 Å². The summed E-state index contributed by atoms with van der Waals surface area (Å²) in [5, 5.41) is 1.67. The fraction of sp³-hybridized carbons (Fsp3) is 0. The number of furan rings is 1. The first kappa shape index (κ1) is 8.54. The van der Waals surface area contributed by atoms with E-state index in [1.165, 1.54) is 6.07 Å². The van der Waals surface area contributed by atoms with E-state index in [-0.39, 0.29) is 11.4 Å². The second-order valence-corrected chi connectivity index (χ2v) is 3.47. The molecule has 2 radical (unpaired) electrons. The smallest absolute Gasteiger partial charge is 0.171 e. The molecule has 0 N–H and O–H groups in total. The highest BCUT2D eigenvalue weighted by molar-refractivity contribution is 6.33. The molecule has 0 unspecified atom stereocenters. The maximum Gasteiger partial charge on any atom is 0.171 e. The van der Waals surface area contributed by atoms with Gasteiger partial charge in [-0.3, -0.25) is 0 Å². The Morgan fingerprint density at radius 1 is 1.07 bits per heavy atom. The van der Waals surface area contributed by atoms with Crippen LogP contribution in [-0.2, 0) is 0 Å². The Balaban J connectivity index is 2.57. The van der Waals surface area contributed by atoms with Gasteiger partial charge in [0.2, 0.25) is 0 Å². The summed E-state index contributed by atoms with van der Waals surface area (Å²) in [7, 11) is 5.63. The number of halogens is 1. The molecule has 1 aromatic heterocycles. The van der Waals surface area contributed by atoms with Crippen molar-refractivity contribution < 1.29 is 8.81 Å². The summed E-state index contributed by atoms with van der Waals surface area (Å²) in [6.07, 6.45) is 0. The number of hydrogen-bond donors (Lipinski definition) is 0. The van der Waals surface area contributed by atoms with E-state index < -0.39 is 0 Å². The molecule has 0 bridgehead atoms. The van der Waals surface area contributed by atoms with Gasteiger partial charge in [0.05, 0.1) is 0 Å². The van der Waals surface area contributed by atoms with Crippen molar-refractivity contribution in [1.82, 2.24) is 0 Å². The Labute approximate surface area is 86.9 Å². The third-order valence-corrected chi connectivity index (χ3v) is 2.47. The molecule has 0 aliphatic carbocycles. The van der Waals surface area contributed by atoms with Crippen molar-refractivity contribution in [1.29, 1.82) is 0 Å². The van der Waals surface area contributed by atoms with Gasteiger partial charge in [0.25, 0.3) is 0 Å². The van der Waals surface area contributed by atoms with Gasteiger partial charge in [-0.05, 0) is 12.1 Å². The molecule has 3 rings (SSSR count). The third-order valence-electron chi connectivity index (χ3n) is 2.47. The van der Waals surface area contributed by atoms with Gasteiger partial charge in [0, 0.05) is 10.8 Å². The molecule has 3 heteroatoms. The summed E-state index contributed by atoms with van der Waals surface area (Å²) in [4.78, 5) is 0. The predicted molar refractivity (Wildman–Crippen MR) is 59.1 cm³/mol. The van der Waals surface area contributed by atoms with E-state index in [0.717, 1.165) is 10.8 Å². The van der Waals surface area contributed by atoms with Crippen LogP contribution in [0, 0.1) is 5.82 Å². The molecular weight excluding hydrogens is 190 g/mol. The normalized spacial score (nSPS) is 11.3. The lowest BCUT2D eigenvalue weighted by atomic mass is 9.95. The summed E-state index contributed by atoms with van der Waals surface area (Å²) < 4.78 is 18.8. The molecule has 3 aromatic rings. The van der Waals surface area contributed by atoms with Gasteiger partial charge in [0.1, 0.15) is 13.4 Å². The molecule has 1 nitrogen and oxygen atoms in total. The molecule has 0 aliphatic rings. The van der Waals surface area contributed by atoms with E-state index in [4.69, 9.17) is 12.3 Å². The molecule has 0 aliphatic heterocycles. The molecule has 0 saturated heterocycles. The maximum absolute atomic E-state index is 13.4. The highest BCUT2D eigenvalue weighted by Gasteiger charge is 2.09. The number of rotatable bonds is 0. The molecule has 15 heavy (non-hydrogen) atoms. The molecule has 0 spiro atoms. The molecular formula is C12H6BFO. The minimum Gasteiger partial charge on any atom is -0.453 e. The lowest BCUT2D eigenvalue weighted by Crippen LogP contribution is -1.98. The van der Waals surface area contributed by atoms with Crippen LogP contribution in [0.5, 0.6) is 0 Å². The van der Waals surface area contributed by atoms with Gasteiger partial charge in [-0.25, -0.2) is 4.39 Å². The second-order valence-electron chi connectivity index (χ2n) is 3.47. The summed E-state index contributed by atoms with van der Waals surface area (Å²) in [6.45, 7) is 0. The number of fused-ring (bicyclic) bond motifs is 3. The van der Waals surface area contributed by atoms with Crippen LogP contribution in [-0.4, -0.2) is 7.85 Å². The van der Waals surface area contributed by atoms with E-state index in [1.54, 1.807) is 18.2 Å². The number of benzene rings is 2. The van der Waals surface area contributed by atoms with Crippen LogP contribution in [0.3, 0.4) is 0 Å². The fourth-order valence-corrected chi connectivity index (χ4v) is 1.78. The van der Waals surface area contributed by atoms with Gasteiger partial charge < -0.3 is 4.42 Å². The van der Waals surface area contributed by atoms with E-state index in [9.17, 15) is 4.39 Å². The van der Waals surface area contributed by atoms with Gasteiger partial charge in [-0.1, -0.05) is 29.7 Å². The zero-order valence-electron chi connectivity index (χ0n) is 7.83. The summed E-state index contributed by atoms with van der Waals surface area (Å²) in [6, 6.07) is 10.2. The molecule has 0 atom stereocenters. The van der Waals surface area contributed by atoms with Gasteiger partial charge in [-0.15, -0.1) is 0 Å². The van der Waals surface area contributed by atoms with Crippen LogP contribution in [0.25, 0.3) is 21.9 Å². The quantitative estimate of drug-likeness (QED) is 0.503. The Kier molecular flexibility index (Phi) is 1.63. The molecule has 2 aromatic carbocycles. The standard InChI is InChI=1S/C12H6BFO/c13-7-4-5-8-9-2-1-3-10(14)12(9)15-11(8)6-7/h1-6H. The maximum atomic E-state index is 13.4. The second kappa shape index (κ2) is 2.86. The topological polar surface area (TPSA) is 13.1 Å². The summed E-state index contributed by atoms with van der Waals surface area (Å²) in [5.41, 5.74) is 1.52. The van der Waals surface area contributed by atoms with E-state index >= 15 is 0 Å². The average molecular weight is 196 g/mol. The van der Waals surface area contributed by atoms with Crippen molar-refractivity contribution >= 4 is 35.2 Å². The largest absolute Gasteiger partial charge is 0.453 e. The van der Waals surface area contributed by atoms with Crippen LogP contribution >= 0.6 is 0 Å². The Morgan fingerprint density at radius 2 is 1.93 bits per heavy atom. The molecule has 0 amide bonds. The van der Waals surface area contributed by atoms with Crippen LogP contribution in [0.4, 0.5) is 4.39 Å². The SMILES string of the molecule is [B]c1ccc2c(c1)oc1c(F)cccc12. The van der Waals surface area contributed by atoms with E-state index in [0.29, 0.717) is 11.0 Å². The van der Waals surface area contributed by atoms with Crippen LogP contribution < -0.4 is 5.46 Å². The summed E-state index contributed by atoms with van der Waals surface area (Å²) in [5.74, 6) is -0.345. The number of para-hydroxylation sites is 1. The highest BCUT2D eigenvalue weighted by Crippen LogP contribution is 2.29. The minimum absolute atomic E-state index is 0.290. The predicted octanol–water partition coefficient (Wildman–Crippen LogP) is 2.52. The minimum atomic E-state index is -0.345. The summed E-state index contributed by atoms with van der Waals surface area (Å²) >= 11 is 0. The lowest BCUT2D eigenvalue weighted by Gasteiger charge is -1.90. The molecule has 0 saturated carbocycles. The van der Waals surface area contributed by atoms with Crippen molar-refractivity contribution in [2.75, 3.05) is 0 Å². The fourth-order valence-electron chi connectivity index (χ4n) is 1.78. The van der Waals surface area contributed by atoms with Crippen LogP contribution in [0.1, 0.15) is 0 Å². The lowest BCUT2D eigenvalue weighted by molar-refractivity contribution is 0.584. The van der Waals surface area contributed by atoms with Crippen molar-refractivity contribution in [2.45, 2.75) is 0 Å².